The van der Waals surface area contributed by atoms with Gasteiger partial charge in [-0.1, -0.05) is 19.3 Å². The minimum atomic E-state index is -3.15. The Labute approximate surface area is 151 Å². The normalized spacial score (nSPS) is 26.6. The van der Waals surface area contributed by atoms with Gasteiger partial charge in [-0.3, -0.25) is 19.8 Å². The maximum absolute atomic E-state index is 12.6. The SMILES string of the molecule is O=C(CN1C(=O)NC2(CCCCC2)C1=O)NC(=O)N[C@@H]1CCS(=O)(=O)C1. The van der Waals surface area contributed by atoms with Gasteiger partial charge in [-0.15, -0.1) is 0 Å². The maximum atomic E-state index is 12.6. The first-order chi connectivity index (χ1) is 12.2. The lowest BCUT2D eigenvalue weighted by Crippen LogP contribution is -2.50. The van der Waals surface area contributed by atoms with E-state index in [1.807, 2.05) is 5.32 Å². The van der Waals surface area contributed by atoms with Crippen LogP contribution in [0.1, 0.15) is 38.5 Å². The molecule has 0 aromatic heterocycles. The number of rotatable bonds is 3. The molecule has 26 heavy (non-hydrogen) atoms. The molecule has 2 saturated heterocycles. The fourth-order valence-corrected chi connectivity index (χ4v) is 5.43. The summed E-state index contributed by atoms with van der Waals surface area (Å²) in [6, 6.07) is -2.01. The molecule has 0 unspecified atom stereocenters. The van der Waals surface area contributed by atoms with Crippen LogP contribution in [0.3, 0.4) is 0 Å². The molecule has 1 aliphatic carbocycles. The first-order valence-corrected chi connectivity index (χ1v) is 10.5. The smallest absolute Gasteiger partial charge is 0.325 e. The van der Waals surface area contributed by atoms with E-state index in [0.29, 0.717) is 19.3 Å². The summed E-state index contributed by atoms with van der Waals surface area (Å²) < 4.78 is 22.7. The summed E-state index contributed by atoms with van der Waals surface area (Å²) in [5.74, 6) is -1.40. The van der Waals surface area contributed by atoms with Crippen LogP contribution in [0.4, 0.5) is 9.59 Å². The highest BCUT2D eigenvalue weighted by atomic mass is 32.2. The number of nitrogens with one attached hydrogen (secondary N) is 3. The molecule has 3 aliphatic rings. The van der Waals surface area contributed by atoms with Crippen LogP contribution in [-0.4, -0.2) is 66.8 Å². The standard InChI is InChI=1S/C15H22N4O6S/c20-11(17-13(22)16-10-4-7-26(24,25)9-10)8-19-12(21)15(18-14(19)23)5-2-1-3-6-15/h10H,1-9H2,(H,18,23)(H2,16,17,20,22)/t10-/m1/s1. The van der Waals surface area contributed by atoms with E-state index in [2.05, 4.69) is 10.6 Å². The van der Waals surface area contributed by atoms with Gasteiger partial charge in [-0.25, -0.2) is 18.0 Å². The third-order valence-corrected chi connectivity index (χ3v) is 6.84. The number of hydrogen-bond donors (Lipinski definition) is 3. The minimum Gasteiger partial charge on any atom is -0.334 e. The lowest BCUT2D eigenvalue weighted by molar-refractivity contribution is -0.135. The Bertz CT molecular complexity index is 743. The number of urea groups is 2. The first-order valence-electron chi connectivity index (χ1n) is 8.66. The van der Waals surface area contributed by atoms with Gasteiger partial charge in [0.1, 0.15) is 12.1 Å². The van der Waals surface area contributed by atoms with Crippen LogP contribution in [0.2, 0.25) is 0 Å². The molecule has 3 fully saturated rings. The van der Waals surface area contributed by atoms with E-state index in [0.717, 1.165) is 24.2 Å². The Kier molecular flexibility index (Phi) is 4.91. The Morgan fingerprint density at radius 2 is 1.88 bits per heavy atom. The van der Waals surface area contributed by atoms with E-state index in [-0.39, 0.29) is 11.5 Å². The summed E-state index contributed by atoms with van der Waals surface area (Å²) in [7, 11) is -3.15. The van der Waals surface area contributed by atoms with Crippen molar-refractivity contribution in [1.82, 2.24) is 20.9 Å². The van der Waals surface area contributed by atoms with Crippen molar-refractivity contribution in [1.29, 1.82) is 0 Å². The molecule has 0 radical (unpaired) electrons. The van der Waals surface area contributed by atoms with Crippen molar-refractivity contribution in [2.75, 3.05) is 18.1 Å². The van der Waals surface area contributed by atoms with Crippen molar-refractivity contribution in [3.05, 3.63) is 0 Å². The number of nitrogens with zero attached hydrogens (tertiary/aromatic N) is 1. The summed E-state index contributed by atoms with van der Waals surface area (Å²) in [5, 5.41) is 7.14. The number of carbonyl (C=O) groups is 4. The highest BCUT2D eigenvalue weighted by Crippen LogP contribution is 2.33. The predicted octanol–water partition coefficient (Wildman–Crippen LogP) is -0.746. The van der Waals surface area contributed by atoms with Gasteiger partial charge in [-0.05, 0) is 19.3 Å². The molecule has 0 aromatic rings. The zero-order valence-corrected chi connectivity index (χ0v) is 15.1. The summed E-state index contributed by atoms with van der Waals surface area (Å²) >= 11 is 0. The predicted molar refractivity (Wildman–Crippen MR) is 89.8 cm³/mol. The van der Waals surface area contributed by atoms with Crippen LogP contribution < -0.4 is 16.0 Å². The number of amides is 6. The molecule has 3 rings (SSSR count). The zero-order valence-electron chi connectivity index (χ0n) is 14.2. The van der Waals surface area contributed by atoms with Gasteiger partial charge in [0.15, 0.2) is 9.84 Å². The maximum Gasteiger partial charge on any atom is 0.325 e. The van der Waals surface area contributed by atoms with Crippen LogP contribution in [-0.2, 0) is 19.4 Å². The van der Waals surface area contributed by atoms with Crippen LogP contribution in [0, 0.1) is 0 Å². The molecule has 144 valence electrons. The molecular formula is C15H22N4O6S. The van der Waals surface area contributed by atoms with Gasteiger partial charge < -0.3 is 10.6 Å². The van der Waals surface area contributed by atoms with E-state index in [9.17, 15) is 27.6 Å². The van der Waals surface area contributed by atoms with Gasteiger partial charge in [0, 0.05) is 6.04 Å². The van der Waals surface area contributed by atoms with Crippen molar-refractivity contribution in [2.24, 2.45) is 0 Å². The van der Waals surface area contributed by atoms with Crippen molar-refractivity contribution in [2.45, 2.75) is 50.1 Å². The monoisotopic (exact) mass is 386 g/mol. The molecule has 2 heterocycles. The number of sulfone groups is 1. The van der Waals surface area contributed by atoms with Crippen molar-refractivity contribution in [3.8, 4) is 0 Å². The van der Waals surface area contributed by atoms with E-state index < -0.39 is 51.8 Å². The molecule has 0 aromatic carbocycles. The van der Waals surface area contributed by atoms with Crippen molar-refractivity contribution < 1.29 is 27.6 Å². The summed E-state index contributed by atoms with van der Waals surface area (Å²) in [6.45, 7) is -0.553. The summed E-state index contributed by atoms with van der Waals surface area (Å²) in [6.07, 6.45) is 4.05. The fourth-order valence-electron chi connectivity index (χ4n) is 3.75. The Morgan fingerprint density at radius 1 is 1.19 bits per heavy atom. The molecule has 6 amide bonds. The summed E-state index contributed by atoms with van der Waals surface area (Å²) in [4.78, 5) is 49.3. The Balaban J connectivity index is 1.52. The van der Waals surface area contributed by atoms with Gasteiger partial charge in [0.2, 0.25) is 5.91 Å². The highest BCUT2D eigenvalue weighted by Gasteiger charge is 2.51. The first kappa shape index (κ1) is 18.6. The quantitative estimate of drug-likeness (QED) is 0.545. The van der Waals surface area contributed by atoms with Gasteiger partial charge in [-0.2, -0.15) is 0 Å². The molecule has 2 aliphatic heterocycles. The van der Waals surface area contributed by atoms with E-state index in [4.69, 9.17) is 0 Å². The molecule has 1 atom stereocenters. The molecule has 3 N–H and O–H groups in total. The Morgan fingerprint density at radius 3 is 2.50 bits per heavy atom. The fraction of sp³-hybridized carbons (Fsp3) is 0.733. The minimum absolute atomic E-state index is 0.00355. The lowest BCUT2D eigenvalue weighted by Gasteiger charge is -2.30. The van der Waals surface area contributed by atoms with Crippen LogP contribution in [0.15, 0.2) is 0 Å². The number of carbonyl (C=O) groups excluding carboxylic acids is 4. The average Bonchev–Trinajstić information content (AvgIpc) is 3.00. The second-order valence-corrected chi connectivity index (χ2v) is 9.31. The van der Waals surface area contributed by atoms with E-state index >= 15 is 0 Å². The molecule has 11 heteroatoms. The topological polar surface area (TPSA) is 142 Å². The van der Waals surface area contributed by atoms with Crippen LogP contribution in [0.25, 0.3) is 0 Å². The van der Waals surface area contributed by atoms with Crippen LogP contribution >= 0.6 is 0 Å². The van der Waals surface area contributed by atoms with Gasteiger partial charge >= 0.3 is 12.1 Å². The highest BCUT2D eigenvalue weighted by molar-refractivity contribution is 7.91. The third kappa shape index (κ3) is 3.81. The number of imide groups is 2. The molecule has 1 saturated carbocycles. The molecular weight excluding hydrogens is 364 g/mol. The average molecular weight is 386 g/mol. The number of hydrogen-bond acceptors (Lipinski definition) is 6. The van der Waals surface area contributed by atoms with Crippen molar-refractivity contribution >= 4 is 33.7 Å². The van der Waals surface area contributed by atoms with E-state index in [1.54, 1.807) is 0 Å². The lowest BCUT2D eigenvalue weighted by atomic mass is 9.82. The van der Waals surface area contributed by atoms with Crippen molar-refractivity contribution in [3.63, 3.8) is 0 Å². The second-order valence-electron chi connectivity index (χ2n) is 7.09. The largest absolute Gasteiger partial charge is 0.334 e. The Hall–Kier alpha value is -2.17. The van der Waals surface area contributed by atoms with Gasteiger partial charge in [0.05, 0.1) is 11.5 Å². The second kappa shape index (κ2) is 6.86. The zero-order chi connectivity index (χ0) is 18.9. The molecule has 10 nitrogen and oxygen atoms in total. The van der Waals surface area contributed by atoms with Crippen LogP contribution in [0.5, 0.6) is 0 Å². The van der Waals surface area contributed by atoms with Gasteiger partial charge in [0.25, 0.3) is 5.91 Å². The third-order valence-electron chi connectivity index (χ3n) is 5.08. The molecule has 1 spiro atoms. The van der Waals surface area contributed by atoms with E-state index in [1.165, 1.54) is 0 Å². The summed E-state index contributed by atoms with van der Waals surface area (Å²) in [5.41, 5.74) is -0.921. The molecule has 0 bridgehead atoms.